The molecule has 7 heteroatoms. The highest BCUT2D eigenvalue weighted by Crippen LogP contribution is 2.17. The molecule has 0 saturated heterocycles. The number of carbonyl (C=O) groups excluding carboxylic acids is 3. The highest BCUT2D eigenvalue weighted by atomic mass is 16.6. The number of rotatable bonds is 5. The van der Waals surface area contributed by atoms with Crippen molar-refractivity contribution in [2.75, 3.05) is 0 Å². The zero-order valence-electron chi connectivity index (χ0n) is 15.0. The number of amides is 3. The van der Waals surface area contributed by atoms with Gasteiger partial charge in [0.15, 0.2) is 0 Å². The fourth-order valence-corrected chi connectivity index (χ4v) is 2.76. The maximum Gasteiger partial charge on any atom is 0.408 e. The summed E-state index contributed by atoms with van der Waals surface area (Å²) in [5.41, 5.74) is 4.52. The van der Waals surface area contributed by atoms with Gasteiger partial charge in [-0.3, -0.25) is 9.59 Å². The quantitative estimate of drug-likeness (QED) is 0.710. The second-order valence-corrected chi connectivity index (χ2v) is 7.42. The molecule has 0 unspecified atom stereocenters. The lowest BCUT2D eigenvalue weighted by Gasteiger charge is -2.25. The van der Waals surface area contributed by atoms with Crippen molar-refractivity contribution in [1.29, 1.82) is 0 Å². The molecule has 3 amide bonds. The van der Waals surface area contributed by atoms with Crippen LogP contribution in [-0.2, 0) is 14.3 Å². The Labute approximate surface area is 144 Å². The van der Waals surface area contributed by atoms with Crippen LogP contribution in [0.25, 0.3) is 0 Å². The second kappa shape index (κ2) is 9.49. The molecule has 0 bridgehead atoms. The van der Waals surface area contributed by atoms with Gasteiger partial charge in [-0.2, -0.15) is 0 Å². The topological polar surface area (TPSA) is 111 Å². The number of ether oxygens (including phenoxy) is 1. The van der Waals surface area contributed by atoms with Gasteiger partial charge in [0.25, 0.3) is 0 Å². The van der Waals surface area contributed by atoms with Crippen molar-refractivity contribution in [1.82, 2.24) is 10.6 Å². The molecule has 1 rings (SSSR count). The first-order valence-electron chi connectivity index (χ1n) is 8.75. The maximum atomic E-state index is 12.5. The van der Waals surface area contributed by atoms with Gasteiger partial charge in [-0.1, -0.05) is 32.1 Å². The molecule has 1 aliphatic rings. The average Bonchev–Trinajstić information content (AvgIpc) is 2.38. The number of alkyl carbamates (subject to hydrolysis) is 1. The largest absolute Gasteiger partial charge is 0.444 e. The number of nitrogens with one attached hydrogen (secondary N) is 2. The minimum Gasteiger partial charge on any atom is -0.444 e. The van der Waals surface area contributed by atoms with E-state index in [1.54, 1.807) is 20.8 Å². The van der Waals surface area contributed by atoms with Gasteiger partial charge in [0, 0.05) is 6.04 Å². The smallest absolute Gasteiger partial charge is 0.408 e. The van der Waals surface area contributed by atoms with Crippen molar-refractivity contribution in [2.24, 2.45) is 5.73 Å². The summed E-state index contributed by atoms with van der Waals surface area (Å²) in [7, 11) is 0. The standard InChI is InChI=1S/C17H31N3O4/c1-17(2,3)24-16(23)20-13(11-14(18)21)15(22)19-12-9-7-5-4-6-8-10-12/h12-13H,4-11H2,1-3H3,(H2,18,21)(H,19,22)(H,20,23)/t13-/m1/s1. The molecule has 0 spiro atoms. The summed E-state index contributed by atoms with van der Waals surface area (Å²) < 4.78 is 5.14. The summed E-state index contributed by atoms with van der Waals surface area (Å²) in [4.78, 5) is 35.6. The predicted molar refractivity (Wildman–Crippen MR) is 91.2 cm³/mol. The van der Waals surface area contributed by atoms with Crippen molar-refractivity contribution < 1.29 is 19.1 Å². The minimum atomic E-state index is -1.01. The van der Waals surface area contributed by atoms with Gasteiger partial charge in [0.1, 0.15) is 11.6 Å². The molecule has 0 aromatic carbocycles. The molecule has 0 aliphatic heterocycles. The van der Waals surface area contributed by atoms with Gasteiger partial charge in [-0.15, -0.1) is 0 Å². The van der Waals surface area contributed by atoms with E-state index < -0.39 is 23.6 Å². The molecule has 0 aromatic rings. The van der Waals surface area contributed by atoms with Crippen LogP contribution in [0.1, 0.15) is 72.1 Å². The molecule has 138 valence electrons. The first kappa shape index (κ1) is 20.3. The Bertz CT molecular complexity index is 438. The van der Waals surface area contributed by atoms with Crippen LogP contribution < -0.4 is 16.4 Å². The zero-order valence-corrected chi connectivity index (χ0v) is 15.0. The molecule has 1 aliphatic carbocycles. The van der Waals surface area contributed by atoms with Crippen molar-refractivity contribution in [3.05, 3.63) is 0 Å². The third-order valence-electron chi connectivity index (χ3n) is 3.86. The van der Waals surface area contributed by atoms with Crippen LogP contribution in [0.15, 0.2) is 0 Å². The van der Waals surface area contributed by atoms with E-state index in [0.29, 0.717) is 0 Å². The van der Waals surface area contributed by atoms with Crippen molar-refractivity contribution in [3.63, 3.8) is 0 Å². The molecule has 24 heavy (non-hydrogen) atoms. The Kier molecular flexibility index (Phi) is 8.01. The Hall–Kier alpha value is -1.79. The Morgan fingerprint density at radius 2 is 1.62 bits per heavy atom. The molecular formula is C17H31N3O4. The number of nitrogens with two attached hydrogens (primary N) is 1. The van der Waals surface area contributed by atoms with Gasteiger partial charge >= 0.3 is 6.09 Å². The molecule has 1 fully saturated rings. The molecule has 0 radical (unpaired) electrons. The highest BCUT2D eigenvalue weighted by Gasteiger charge is 2.27. The van der Waals surface area contributed by atoms with E-state index in [1.165, 1.54) is 19.3 Å². The second-order valence-electron chi connectivity index (χ2n) is 7.42. The summed E-state index contributed by atoms with van der Waals surface area (Å²) in [5, 5.41) is 5.39. The van der Waals surface area contributed by atoms with E-state index >= 15 is 0 Å². The molecule has 1 atom stereocenters. The van der Waals surface area contributed by atoms with Crippen LogP contribution in [0, 0.1) is 0 Å². The average molecular weight is 341 g/mol. The summed E-state index contributed by atoms with van der Waals surface area (Å²) >= 11 is 0. The third kappa shape index (κ3) is 8.74. The van der Waals surface area contributed by atoms with Gasteiger partial charge in [-0.25, -0.2) is 4.79 Å². The lowest BCUT2D eigenvalue weighted by Crippen LogP contribution is -2.52. The SMILES string of the molecule is CC(C)(C)OC(=O)N[C@H](CC(N)=O)C(=O)NC1CCCCCCC1. The fraction of sp³-hybridized carbons (Fsp3) is 0.824. The zero-order chi connectivity index (χ0) is 18.2. The van der Waals surface area contributed by atoms with E-state index in [-0.39, 0.29) is 18.4 Å². The van der Waals surface area contributed by atoms with Crippen LogP contribution in [0.3, 0.4) is 0 Å². The molecule has 1 saturated carbocycles. The van der Waals surface area contributed by atoms with Gasteiger partial charge in [0.2, 0.25) is 11.8 Å². The summed E-state index contributed by atoms with van der Waals surface area (Å²) in [6.07, 6.45) is 6.59. The van der Waals surface area contributed by atoms with Gasteiger partial charge < -0.3 is 21.1 Å². The monoisotopic (exact) mass is 341 g/mol. The van der Waals surface area contributed by atoms with E-state index in [4.69, 9.17) is 10.5 Å². The molecule has 0 aromatic heterocycles. The van der Waals surface area contributed by atoms with Crippen LogP contribution in [0.2, 0.25) is 0 Å². The van der Waals surface area contributed by atoms with E-state index in [2.05, 4.69) is 10.6 Å². The first-order chi connectivity index (χ1) is 11.2. The summed E-state index contributed by atoms with van der Waals surface area (Å²) in [6, 6.07) is -0.934. The van der Waals surface area contributed by atoms with Gasteiger partial charge in [-0.05, 0) is 33.6 Å². The Morgan fingerprint density at radius 3 is 2.12 bits per heavy atom. The first-order valence-corrected chi connectivity index (χ1v) is 8.75. The lowest BCUT2D eigenvalue weighted by atomic mass is 9.96. The predicted octanol–water partition coefficient (Wildman–Crippen LogP) is 1.98. The van der Waals surface area contributed by atoms with Gasteiger partial charge in [0.05, 0.1) is 6.42 Å². The van der Waals surface area contributed by atoms with Crippen molar-refractivity contribution >= 4 is 17.9 Å². The minimum absolute atomic E-state index is 0.0774. The molecular weight excluding hydrogens is 310 g/mol. The van der Waals surface area contributed by atoms with Crippen LogP contribution in [0.4, 0.5) is 4.79 Å². The number of primary amides is 1. The molecule has 0 heterocycles. The van der Waals surface area contributed by atoms with Crippen molar-refractivity contribution in [2.45, 2.75) is 89.8 Å². The van der Waals surface area contributed by atoms with Crippen LogP contribution in [-0.4, -0.2) is 35.6 Å². The van der Waals surface area contributed by atoms with E-state index in [0.717, 1.165) is 25.7 Å². The van der Waals surface area contributed by atoms with E-state index in [1.807, 2.05) is 0 Å². The Balaban J connectivity index is 2.62. The Morgan fingerprint density at radius 1 is 1.08 bits per heavy atom. The number of hydrogen-bond donors (Lipinski definition) is 3. The molecule has 4 N–H and O–H groups in total. The molecule has 7 nitrogen and oxygen atoms in total. The third-order valence-corrected chi connectivity index (χ3v) is 3.86. The lowest BCUT2D eigenvalue weighted by molar-refractivity contribution is -0.127. The van der Waals surface area contributed by atoms with Crippen LogP contribution >= 0.6 is 0 Å². The number of carbonyl (C=O) groups is 3. The maximum absolute atomic E-state index is 12.5. The summed E-state index contributed by atoms with van der Waals surface area (Å²) in [6.45, 7) is 5.18. The van der Waals surface area contributed by atoms with E-state index in [9.17, 15) is 14.4 Å². The summed E-state index contributed by atoms with van der Waals surface area (Å²) in [5.74, 6) is -1.03. The normalized spacial score (nSPS) is 18.0. The van der Waals surface area contributed by atoms with Crippen molar-refractivity contribution in [3.8, 4) is 0 Å². The highest BCUT2D eigenvalue weighted by molar-refractivity contribution is 5.90. The van der Waals surface area contributed by atoms with Crippen LogP contribution in [0.5, 0.6) is 0 Å². The fourth-order valence-electron chi connectivity index (χ4n) is 2.76. The number of hydrogen-bond acceptors (Lipinski definition) is 4.